The van der Waals surface area contributed by atoms with Crippen molar-refractivity contribution in [2.24, 2.45) is 5.41 Å². The summed E-state index contributed by atoms with van der Waals surface area (Å²) in [7, 11) is 0. The zero-order valence-corrected chi connectivity index (χ0v) is 9.73. The molecule has 0 radical (unpaired) electrons. The molecular weight excluding hydrogens is 172 g/mol. The van der Waals surface area contributed by atoms with Gasteiger partial charge in [0.1, 0.15) is 5.78 Å². The zero-order valence-electron chi connectivity index (χ0n) is 9.73. The highest BCUT2D eigenvalue weighted by atomic mass is 16.1. The van der Waals surface area contributed by atoms with E-state index in [1.807, 2.05) is 0 Å². The van der Waals surface area contributed by atoms with Gasteiger partial charge in [-0.1, -0.05) is 11.6 Å². The molecule has 1 fully saturated rings. The third-order valence-electron chi connectivity index (χ3n) is 3.14. The summed E-state index contributed by atoms with van der Waals surface area (Å²) in [4.78, 5) is 10.8. The van der Waals surface area contributed by atoms with Gasteiger partial charge in [0.25, 0.3) is 0 Å². The summed E-state index contributed by atoms with van der Waals surface area (Å²) < 4.78 is 0. The predicted molar refractivity (Wildman–Crippen MR) is 60.2 cm³/mol. The molecule has 0 amide bonds. The number of allylic oxidation sites excluding steroid dienone is 2. The SMILES string of the molecule is CC(=O)CCCC1(CC=C(C)C)CC1. The summed E-state index contributed by atoms with van der Waals surface area (Å²) in [6.45, 7) is 6.01. The highest BCUT2D eigenvalue weighted by Gasteiger charge is 2.40. The number of carbonyl (C=O) groups excluding carboxylic acids is 1. The third kappa shape index (κ3) is 4.08. The van der Waals surface area contributed by atoms with Gasteiger partial charge >= 0.3 is 0 Å². The minimum Gasteiger partial charge on any atom is -0.300 e. The Morgan fingerprint density at radius 3 is 2.36 bits per heavy atom. The summed E-state index contributed by atoms with van der Waals surface area (Å²) in [5, 5.41) is 0. The Hall–Kier alpha value is -0.590. The molecular formula is C13H22O. The predicted octanol–water partition coefficient (Wildman–Crippen LogP) is 3.88. The molecule has 1 nitrogen and oxygen atoms in total. The van der Waals surface area contributed by atoms with Crippen LogP contribution in [-0.4, -0.2) is 5.78 Å². The van der Waals surface area contributed by atoms with Crippen molar-refractivity contribution in [2.45, 2.75) is 59.3 Å². The Balaban J connectivity index is 2.22. The third-order valence-corrected chi connectivity index (χ3v) is 3.14. The lowest BCUT2D eigenvalue weighted by molar-refractivity contribution is -0.117. The average molecular weight is 194 g/mol. The first kappa shape index (κ1) is 11.5. The number of hydrogen-bond acceptors (Lipinski definition) is 1. The second kappa shape index (κ2) is 4.77. The van der Waals surface area contributed by atoms with Crippen molar-refractivity contribution in [3.05, 3.63) is 11.6 Å². The average Bonchev–Trinajstić information content (AvgIpc) is 2.82. The molecule has 1 heteroatoms. The molecule has 1 rings (SSSR count). The summed E-state index contributed by atoms with van der Waals surface area (Å²) in [6.07, 6.45) is 9.43. The van der Waals surface area contributed by atoms with Crippen LogP contribution in [0.2, 0.25) is 0 Å². The Kier molecular flexibility index (Phi) is 3.91. The quantitative estimate of drug-likeness (QED) is 0.586. The van der Waals surface area contributed by atoms with Crippen LogP contribution in [0.3, 0.4) is 0 Å². The lowest BCUT2D eigenvalue weighted by Crippen LogP contribution is -2.00. The largest absolute Gasteiger partial charge is 0.300 e. The van der Waals surface area contributed by atoms with Gasteiger partial charge < -0.3 is 4.79 Å². The molecule has 0 aliphatic heterocycles. The van der Waals surface area contributed by atoms with Crippen molar-refractivity contribution in [2.75, 3.05) is 0 Å². The maximum absolute atomic E-state index is 10.8. The molecule has 14 heavy (non-hydrogen) atoms. The molecule has 0 heterocycles. The molecule has 0 bridgehead atoms. The first-order valence-corrected chi connectivity index (χ1v) is 5.67. The fourth-order valence-electron chi connectivity index (χ4n) is 1.87. The minimum absolute atomic E-state index is 0.336. The van der Waals surface area contributed by atoms with Crippen LogP contribution in [0.4, 0.5) is 0 Å². The first-order chi connectivity index (χ1) is 6.54. The number of hydrogen-bond donors (Lipinski definition) is 0. The van der Waals surface area contributed by atoms with Gasteiger partial charge in [-0.15, -0.1) is 0 Å². The van der Waals surface area contributed by atoms with E-state index in [0.717, 1.165) is 12.8 Å². The van der Waals surface area contributed by atoms with Gasteiger partial charge in [-0.3, -0.25) is 0 Å². The zero-order chi connectivity index (χ0) is 10.6. The summed E-state index contributed by atoms with van der Waals surface area (Å²) in [5.41, 5.74) is 2.01. The molecule has 1 saturated carbocycles. The van der Waals surface area contributed by atoms with Crippen LogP contribution in [0.25, 0.3) is 0 Å². The second-order valence-corrected chi connectivity index (χ2v) is 5.04. The Labute approximate surface area is 87.6 Å². The van der Waals surface area contributed by atoms with Crippen LogP contribution in [-0.2, 0) is 4.79 Å². The van der Waals surface area contributed by atoms with Crippen LogP contribution < -0.4 is 0 Å². The smallest absolute Gasteiger partial charge is 0.129 e. The Bertz CT molecular complexity index is 230. The van der Waals surface area contributed by atoms with E-state index in [0.29, 0.717) is 11.2 Å². The van der Waals surface area contributed by atoms with E-state index < -0.39 is 0 Å². The van der Waals surface area contributed by atoms with Crippen LogP contribution >= 0.6 is 0 Å². The number of carbonyl (C=O) groups is 1. The first-order valence-electron chi connectivity index (χ1n) is 5.67. The van der Waals surface area contributed by atoms with Gasteiger partial charge in [-0.2, -0.15) is 0 Å². The van der Waals surface area contributed by atoms with Gasteiger partial charge in [0.05, 0.1) is 0 Å². The molecule has 0 spiro atoms. The number of rotatable bonds is 6. The summed E-state index contributed by atoms with van der Waals surface area (Å²) >= 11 is 0. The van der Waals surface area contributed by atoms with E-state index in [1.54, 1.807) is 6.92 Å². The summed E-state index contributed by atoms with van der Waals surface area (Å²) in [6, 6.07) is 0. The van der Waals surface area contributed by atoms with Crippen LogP contribution in [0.1, 0.15) is 59.3 Å². The molecule has 0 N–H and O–H groups in total. The molecule has 80 valence electrons. The van der Waals surface area contributed by atoms with Gasteiger partial charge in [-0.05, 0) is 58.3 Å². The molecule has 0 aromatic rings. The van der Waals surface area contributed by atoms with Crippen molar-refractivity contribution >= 4 is 5.78 Å². The molecule has 1 aliphatic rings. The van der Waals surface area contributed by atoms with E-state index in [9.17, 15) is 4.79 Å². The molecule has 0 aromatic carbocycles. The van der Waals surface area contributed by atoms with Crippen molar-refractivity contribution < 1.29 is 4.79 Å². The van der Waals surface area contributed by atoms with E-state index in [1.165, 1.54) is 31.3 Å². The maximum Gasteiger partial charge on any atom is 0.129 e. The fraction of sp³-hybridized carbons (Fsp3) is 0.769. The van der Waals surface area contributed by atoms with Gasteiger partial charge in [-0.25, -0.2) is 0 Å². The molecule has 1 aliphatic carbocycles. The minimum atomic E-state index is 0.336. The van der Waals surface area contributed by atoms with E-state index in [-0.39, 0.29) is 0 Å². The van der Waals surface area contributed by atoms with Gasteiger partial charge in [0.2, 0.25) is 0 Å². The van der Waals surface area contributed by atoms with Crippen molar-refractivity contribution in [3.63, 3.8) is 0 Å². The molecule has 0 unspecified atom stereocenters. The van der Waals surface area contributed by atoms with E-state index in [4.69, 9.17) is 0 Å². The summed E-state index contributed by atoms with van der Waals surface area (Å²) in [5.74, 6) is 0.336. The number of Topliss-reactive ketones (excluding diaryl/α,β-unsaturated/α-hetero) is 1. The lowest BCUT2D eigenvalue weighted by Gasteiger charge is -2.11. The monoisotopic (exact) mass is 194 g/mol. The Morgan fingerprint density at radius 1 is 1.29 bits per heavy atom. The molecule has 0 aromatic heterocycles. The fourth-order valence-corrected chi connectivity index (χ4v) is 1.87. The van der Waals surface area contributed by atoms with E-state index >= 15 is 0 Å². The standard InChI is InChI=1S/C13H22O/c1-11(2)6-8-13(9-10-13)7-4-5-12(3)14/h6H,4-5,7-10H2,1-3H3. The van der Waals surface area contributed by atoms with Gasteiger partial charge in [0, 0.05) is 6.42 Å². The van der Waals surface area contributed by atoms with E-state index in [2.05, 4.69) is 19.9 Å². The molecule has 0 saturated heterocycles. The van der Waals surface area contributed by atoms with Crippen molar-refractivity contribution in [1.82, 2.24) is 0 Å². The van der Waals surface area contributed by atoms with Crippen molar-refractivity contribution in [3.8, 4) is 0 Å². The van der Waals surface area contributed by atoms with Crippen molar-refractivity contribution in [1.29, 1.82) is 0 Å². The maximum atomic E-state index is 10.8. The van der Waals surface area contributed by atoms with Gasteiger partial charge in [0.15, 0.2) is 0 Å². The topological polar surface area (TPSA) is 17.1 Å². The highest BCUT2D eigenvalue weighted by Crippen LogP contribution is 2.53. The number of ketones is 1. The van der Waals surface area contributed by atoms with Crippen LogP contribution in [0.15, 0.2) is 11.6 Å². The highest BCUT2D eigenvalue weighted by molar-refractivity contribution is 5.75. The second-order valence-electron chi connectivity index (χ2n) is 5.04. The lowest BCUT2D eigenvalue weighted by atomic mass is 9.94. The Morgan fingerprint density at radius 2 is 1.93 bits per heavy atom. The van der Waals surface area contributed by atoms with Crippen LogP contribution in [0, 0.1) is 5.41 Å². The van der Waals surface area contributed by atoms with Crippen LogP contribution in [0.5, 0.6) is 0 Å². The molecule has 0 atom stereocenters. The normalized spacial score (nSPS) is 17.6.